The maximum atomic E-state index is 12.4. The van der Waals surface area contributed by atoms with Crippen molar-refractivity contribution >= 4 is 39.1 Å². The number of para-hydroxylation sites is 1. The van der Waals surface area contributed by atoms with Crippen molar-refractivity contribution in [3.05, 3.63) is 94.1 Å². The highest BCUT2D eigenvalue weighted by atomic mass is 79.9. The number of anilines is 1. The average Bonchev–Trinajstić information content (AvgIpc) is 3.42. The number of halogens is 2. The van der Waals surface area contributed by atoms with Crippen LogP contribution in [0.2, 0.25) is 5.02 Å². The van der Waals surface area contributed by atoms with Crippen LogP contribution in [-0.4, -0.2) is 15.7 Å². The molecule has 31 heavy (non-hydrogen) atoms. The van der Waals surface area contributed by atoms with Gasteiger partial charge in [-0.3, -0.25) is 4.79 Å². The van der Waals surface area contributed by atoms with E-state index in [9.17, 15) is 4.79 Å². The van der Waals surface area contributed by atoms with E-state index in [1.807, 2.05) is 36.4 Å². The molecule has 4 aromatic rings. The molecule has 0 atom stereocenters. The Morgan fingerprint density at radius 1 is 1.10 bits per heavy atom. The molecule has 0 aliphatic heterocycles. The molecular weight excluding hydrogens is 486 g/mol. The summed E-state index contributed by atoms with van der Waals surface area (Å²) in [7, 11) is 0. The van der Waals surface area contributed by atoms with Crippen molar-refractivity contribution in [3.8, 4) is 11.5 Å². The van der Waals surface area contributed by atoms with E-state index in [-0.39, 0.29) is 19.1 Å². The van der Waals surface area contributed by atoms with Crippen LogP contribution in [-0.2, 0) is 13.3 Å². The van der Waals surface area contributed by atoms with Crippen molar-refractivity contribution in [1.29, 1.82) is 0 Å². The van der Waals surface area contributed by atoms with Crippen molar-refractivity contribution < 1.29 is 18.7 Å². The third kappa shape index (κ3) is 5.68. The summed E-state index contributed by atoms with van der Waals surface area (Å²) in [6.45, 7) is 0.365. The highest BCUT2D eigenvalue weighted by molar-refractivity contribution is 9.10. The van der Waals surface area contributed by atoms with Crippen LogP contribution in [0, 0.1) is 0 Å². The summed E-state index contributed by atoms with van der Waals surface area (Å²) in [5.74, 6) is 1.54. The van der Waals surface area contributed by atoms with Crippen LogP contribution in [0.15, 0.2) is 81.9 Å². The van der Waals surface area contributed by atoms with Gasteiger partial charge in [0, 0.05) is 4.47 Å². The number of hydrogen-bond acceptors (Lipinski definition) is 5. The van der Waals surface area contributed by atoms with E-state index < -0.39 is 5.91 Å². The van der Waals surface area contributed by atoms with Crippen LogP contribution < -0.4 is 14.8 Å². The van der Waals surface area contributed by atoms with E-state index in [0.29, 0.717) is 28.0 Å². The second kappa shape index (κ2) is 9.72. The van der Waals surface area contributed by atoms with Crippen LogP contribution in [0.4, 0.5) is 5.69 Å². The summed E-state index contributed by atoms with van der Waals surface area (Å²) in [6, 6.07) is 17.9. The Morgan fingerprint density at radius 2 is 1.90 bits per heavy atom. The second-order valence-corrected chi connectivity index (χ2v) is 7.76. The smallest absolute Gasteiger partial charge is 0.291 e. The number of carbonyl (C=O) groups is 1. The van der Waals surface area contributed by atoms with Crippen molar-refractivity contribution in [3.63, 3.8) is 0 Å². The van der Waals surface area contributed by atoms with E-state index in [1.54, 1.807) is 35.1 Å². The standard InChI is InChI=1S/C22H17BrClN3O4/c23-15-5-7-17(8-6-15)30-14-27-12-16(11-25-27)26-22(28)21-10-9-18(31-21)13-29-20-4-2-1-3-19(20)24/h1-12H,13-14H2,(H,26,28). The molecule has 0 spiro atoms. The molecule has 1 N–H and O–H groups in total. The minimum Gasteiger partial charge on any atom is -0.484 e. The Bertz CT molecular complexity index is 1170. The van der Waals surface area contributed by atoms with Crippen molar-refractivity contribution in [2.45, 2.75) is 13.3 Å². The quantitative estimate of drug-likeness (QED) is 0.331. The van der Waals surface area contributed by atoms with Crippen LogP contribution in [0.5, 0.6) is 11.5 Å². The molecule has 0 aliphatic rings. The van der Waals surface area contributed by atoms with E-state index in [0.717, 1.165) is 4.47 Å². The zero-order valence-corrected chi connectivity index (χ0v) is 18.5. The van der Waals surface area contributed by atoms with E-state index in [4.69, 9.17) is 25.5 Å². The fourth-order valence-electron chi connectivity index (χ4n) is 2.65. The monoisotopic (exact) mass is 501 g/mol. The molecule has 0 saturated carbocycles. The van der Waals surface area contributed by atoms with Gasteiger partial charge < -0.3 is 19.2 Å². The molecule has 2 heterocycles. The lowest BCUT2D eigenvalue weighted by molar-refractivity contribution is 0.0992. The third-order valence-corrected chi connectivity index (χ3v) is 5.00. The van der Waals surface area contributed by atoms with Crippen LogP contribution in [0.25, 0.3) is 0 Å². The van der Waals surface area contributed by atoms with Crippen molar-refractivity contribution in [1.82, 2.24) is 9.78 Å². The lowest BCUT2D eigenvalue weighted by atomic mass is 10.3. The Balaban J connectivity index is 1.29. The average molecular weight is 503 g/mol. The maximum absolute atomic E-state index is 12.4. The first-order valence-electron chi connectivity index (χ1n) is 9.25. The predicted octanol–water partition coefficient (Wildman–Crippen LogP) is 5.76. The SMILES string of the molecule is O=C(Nc1cnn(COc2ccc(Br)cc2)c1)c1ccc(COc2ccccc2Cl)o1. The van der Waals surface area contributed by atoms with Gasteiger partial charge in [0.2, 0.25) is 0 Å². The first-order valence-corrected chi connectivity index (χ1v) is 10.4. The highest BCUT2D eigenvalue weighted by Crippen LogP contribution is 2.24. The van der Waals surface area contributed by atoms with Gasteiger partial charge in [-0.25, -0.2) is 4.68 Å². The minimum absolute atomic E-state index is 0.155. The summed E-state index contributed by atoms with van der Waals surface area (Å²) < 4.78 is 19.4. The molecular formula is C22H17BrClN3O4. The maximum Gasteiger partial charge on any atom is 0.291 e. The second-order valence-electron chi connectivity index (χ2n) is 6.44. The number of nitrogens with one attached hydrogen (secondary N) is 1. The fourth-order valence-corrected chi connectivity index (χ4v) is 3.11. The molecule has 1 amide bonds. The Hall–Kier alpha value is -3.23. The normalized spacial score (nSPS) is 10.6. The first-order chi connectivity index (χ1) is 15.1. The summed E-state index contributed by atoms with van der Waals surface area (Å²) in [4.78, 5) is 12.4. The van der Waals surface area contributed by atoms with Crippen LogP contribution >= 0.6 is 27.5 Å². The van der Waals surface area contributed by atoms with Gasteiger partial charge in [0.05, 0.1) is 23.1 Å². The summed E-state index contributed by atoms with van der Waals surface area (Å²) in [6.07, 6.45) is 3.20. The first kappa shape index (κ1) is 21.0. The van der Waals surface area contributed by atoms with Crippen LogP contribution in [0.3, 0.4) is 0 Å². The van der Waals surface area contributed by atoms with Gasteiger partial charge in [-0.1, -0.05) is 39.7 Å². The number of amides is 1. The molecule has 2 aromatic carbocycles. The Kier molecular flexibility index (Phi) is 6.59. The van der Waals surface area contributed by atoms with Gasteiger partial charge in [-0.05, 0) is 48.5 Å². The number of rotatable bonds is 8. The third-order valence-electron chi connectivity index (χ3n) is 4.16. The molecule has 9 heteroatoms. The number of hydrogen-bond donors (Lipinski definition) is 1. The number of nitrogens with zero attached hydrogens (tertiary/aromatic N) is 2. The summed E-state index contributed by atoms with van der Waals surface area (Å²) >= 11 is 9.44. The number of benzene rings is 2. The van der Waals surface area contributed by atoms with Gasteiger partial charge in [-0.2, -0.15) is 5.10 Å². The van der Waals surface area contributed by atoms with E-state index in [1.165, 1.54) is 6.20 Å². The number of ether oxygens (including phenoxy) is 2. The minimum atomic E-state index is -0.391. The zero-order valence-electron chi connectivity index (χ0n) is 16.1. The Morgan fingerprint density at radius 3 is 2.71 bits per heavy atom. The molecule has 0 saturated heterocycles. The largest absolute Gasteiger partial charge is 0.484 e. The molecule has 0 aliphatic carbocycles. The predicted molar refractivity (Wildman–Crippen MR) is 119 cm³/mol. The molecule has 0 fully saturated rings. The lowest BCUT2D eigenvalue weighted by Gasteiger charge is -2.06. The van der Waals surface area contributed by atoms with Gasteiger partial charge >= 0.3 is 0 Å². The fraction of sp³-hybridized carbons (Fsp3) is 0.0909. The lowest BCUT2D eigenvalue weighted by Crippen LogP contribution is -2.10. The number of carbonyl (C=O) groups excluding carboxylic acids is 1. The number of aromatic nitrogens is 2. The van der Waals surface area contributed by atoms with Gasteiger partial charge in [-0.15, -0.1) is 0 Å². The number of furan rings is 1. The van der Waals surface area contributed by atoms with Crippen molar-refractivity contribution in [2.24, 2.45) is 0 Å². The van der Waals surface area contributed by atoms with Crippen molar-refractivity contribution in [2.75, 3.05) is 5.32 Å². The summed E-state index contributed by atoms with van der Waals surface area (Å²) in [5, 5.41) is 7.42. The Labute approximate surface area is 191 Å². The molecule has 0 bridgehead atoms. The van der Waals surface area contributed by atoms with E-state index >= 15 is 0 Å². The summed E-state index contributed by atoms with van der Waals surface area (Å²) in [5.41, 5.74) is 0.523. The van der Waals surface area contributed by atoms with Gasteiger partial charge in [0.15, 0.2) is 12.5 Å². The van der Waals surface area contributed by atoms with E-state index in [2.05, 4.69) is 26.3 Å². The molecule has 7 nitrogen and oxygen atoms in total. The topological polar surface area (TPSA) is 78.5 Å². The molecule has 0 unspecified atom stereocenters. The highest BCUT2D eigenvalue weighted by Gasteiger charge is 2.13. The molecule has 158 valence electrons. The zero-order chi connectivity index (χ0) is 21.6. The van der Waals surface area contributed by atoms with Gasteiger partial charge in [0.25, 0.3) is 5.91 Å². The molecule has 0 radical (unpaired) electrons. The van der Waals surface area contributed by atoms with Gasteiger partial charge in [0.1, 0.15) is 23.9 Å². The molecule has 2 aromatic heterocycles. The molecule has 4 rings (SSSR count). The van der Waals surface area contributed by atoms with Crippen LogP contribution in [0.1, 0.15) is 16.3 Å².